The third-order valence-electron chi connectivity index (χ3n) is 5.53. The topological polar surface area (TPSA) is 79.2 Å². The van der Waals surface area contributed by atoms with Crippen LogP contribution in [-0.2, 0) is 13.6 Å². The standard InChI is InChI=1S/C23H28N6O2/c1-17(2)16-27-12-14-28(15-13-27)22-24-20-19(21(30)25-23(31)26(20)3)29(22)11-7-10-18-8-5-4-6-9-18/h4-10H,1,11-16H2,2-3H3,(H,25,30,31)/b10-7+. The van der Waals surface area contributed by atoms with Crippen LogP contribution in [0.1, 0.15) is 12.5 Å². The van der Waals surface area contributed by atoms with E-state index in [9.17, 15) is 9.59 Å². The van der Waals surface area contributed by atoms with Crippen molar-refractivity contribution < 1.29 is 0 Å². The molecule has 8 heteroatoms. The number of allylic oxidation sites excluding steroid dienone is 1. The Hall–Kier alpha value is -3.39. The van der Waals surface area contributed by atoms with Crippen LogP contribution >= 0.6 is 0 Å². The molecule has 3 heterocycles. The summed E-state index contributed by atoms with van der Waals surface area (Å²) in [5.74, 6) is 0.717. The van der Waals surface area contributed by atoms with Crippen molar-refractivity contribution in [3.8, 4) is 0 Å². The number of H-pyrrole nitrogens is 1. The molecule has 0 saturated carbocycles. The van der Waals surface area contributed by atoms with Crippen LogP contribution in [0.3, 0.4) is 0 Å². The Balaban J connectivity index is 1.70. The molecule has 1 aliphatic heterocycles. The average Bonchev–Trinajstić information content (AvgIpc) is 3.13. The Labute approximate surface area is 180 Å². The van der Waals surface area contributed by atoms with Crippen molar-refractivity contribution in [3.05, 3.63) is 75.0 Å². The van der Waals surface area contributed by atoms with Crippen LogP contribution < -0.4 is 16.1 Å². The minimum atomic E-state index is -0.459. The van der Waals surface area contributed by atoms with Crippen molar-refractivity contribution in [2.24, 2.45) is 7.05 Å². The molecule has 8 nitrogen and oxygen atoms in total. The molecule has 0 unspecified atom stereocenters. The molecule has 1 N–H and O–H groups in total. The minimum Gasteiger partial charge on any atom is -0.340 e. The number of aromatic amines is 1. The number of hydrogen-bond acceptors (Lipinski definition) is 5. The zero-order chi connectivity index (χ0) is 22.0. The van der Waals surface area contributed by atoms with Gasteiger partial charge in [0.1, 0.15) is 0 Å². The fraction of sp³-hybridized carbons (Fsp3) is 0.348. The molecule has 4 rings (SSSR count). The number of hydrogen-bond donors (Lipinski definition) is 1. The highest BCUT2D eigenvalue weighted by Crippen LogP contribution is 2.21. The van der Waals surface area contributed by atoms with Crippen molar-refractivity contribution in [2.75, 3.05) is 37.6 Å². The van der Waals surface area contributed by atoms with Gasteiger partial charge in [-0.25, -0.2) is 4.79 Å². The Morgan fingerprint density at radius 2 is 1.87 bits per heavy atom. The number of fused-ring (bicyclic) bond motifs is 1. The van der Waals surface area contributed by atoms with Crippen LogP contribution in [0.5, 0.6) is 0 Å². The SMILES string of the molecule is C=C(C)CN1CCN(c2nc3c(c(=O)[nH]c(=O)n3C)n2C/C=C/c2ccccc2)CC1. The molecule has 1 aliphatic rings. The van der Waals surface area contributed by atoms with E-state index < -0.39 is 11.2 Å². The summed E-state index contributed by atoms with van der Waals surface area (Å²) in [7, 11) is 1.63. The van der Waals surface area contributed by atoms with Crippen LogP contribution in [0.2, 0.25) is 0 Å². The van der Waals surface area contributed by atoms with E-state index in [0.717, 1.165) is 49.8 Å². The fourth-order valence-corrected chi connectivity index (χ4v) is 3.98. The van der Waals surface area contributed by atoms with E-state index >= 15 is 0 Å². The van der Waals surface area contributed by atoms with Gasteiger partial charge in [-0.05, 0) is 12.5 Å². The first-order valence-corrected chi connectivity index (χ1v) is 10.5. The maximum atomic E-state index is 12.7. The lowest BCUT2D eigenvalue weighted by atomic mass is 10.2. The van der Waals surface area contributed by atoms with Gasteiger partial charge in [0.2, 0.25) is 5.95 Å². The first-order chi connectivity index (χ1) is 14.9. The number of piperazine rings is 1. The minimum absolute atomic E-state index is 0.404. The third kappa shape index (κ3) is 4.39. The van der Waals surface area contributed by atoms with E-state index in [-0.39, 0.29) is 0 Å². The second-order valence-electron chi connectivity index (χ2n) is 8.05. The van der Waals surface area contributed by atoms with Gasteiger partial charge in [0, 0.05) is 46.3 Å². The van der Waals surface area contributed by atoms with Gasteiger partial charge in [0.15, 0.2) is 11.2 Å². The zero-order valence-corrected chi connectivity index (χ0v) is 18.0. The van der Waals surface area contributed by atoms with Crippen LogP contribution in [-0.4, -0.2) is 56.7 Å². The Morgan fingerprint density at radius 1 is 1.16 bits per heavy atom. The molecule has 0 amide bonds. The summed E-state index contributed by atoms with van der Waals surface area (Å²) in [4.78, 5) is 36.5. The van der Waals surface area contributed by atoms with Gasteiger partial charge < -0.3 is 9.47 Å². The van der Waals surface area contributed by atoms with E-state index in [2.05, 4.69) is 21.4 Å². The molecule has 1 aromatic carbocycles. The molecular weight excluding hydrogens is 392 g/mol. The van der Waals surface area contributed by atoms with E-state index in [1.807, 2.05) is 54.0 Å². The number of aryl methyl sites for hydroxylation is 1. The number of nitrogens with zero attached hydrogens (tertiary/aromatic N) is 5. The fourth-order valence-electron chi connectivity index (χ4n) is 3.98. The number of aromatic nitrogens is 4. The van der Waals surface area contributed by atoms with Gasteiger partial charge in [0.05, 0.1) is 0 Å². The molecular formula is C23H28N6O2. The predicted molar refractivity (Wildman–Crippen MR) is 125 cm³/mol. The molecule has 0 aliphatic carbocycles. The highest BCUT2D eigenvalue weighted by molar-refractivity contribution is 5.74. The first kappa shape index (κ1) is 20.9. The van der Waals surface area contributed by atoms with Crippen molar-refractivity contribution in [1.29, 1.82) is 0 Å². The first-order valence-electron chi connectivity index (χ1n) is 10.5. The number of benzene rings is 1. The average molecular weight is 421 g/mol. The molecule has 0 atom stereocenters. The van der Waals surface area contributed by atoms with E-state index in [4.69, 9.17) is 4.98 Å². The molecule has 0 bridgehead atoms. The van der Waals surface area contributed by atoms with Crippen LogP contribution in [0.4, 0.5) is 5.95 Å². The quantitative estimate of drug-likeness (QED) is 0.616. The lowest BCUT2D eigenvalue weighted by Crippen LogP contribution is -2.47. The van der Waals surface area contributed by atoms with Crippen LogP contribution in [0, 0.1) is 0 Å². The molecule has 0 radical (unpaired) electrons. The van der Waals surface area contributed by atoms with E-state index in [1.54, 1.807) is 7.05 Å². The maximum absolute atomic E-state index is 12.7. The highest BCUT2D eigenvalue weighted by atomic mass is 16.2. The van der Waals surface area contributed by atoms with Crippen molar-refractivity contribution >= 4 is 23.2 Å². The van der Waals surface area contributed by atoms with Gasteiger partial charge in [-0.3, -0.25) is 19.2 Å². The Bertz CT molecular complexity index is 1230. The number of rotatable bonds is 6. The largest absolute Gasteiger partial charge is 0.340 e. The second-order valence-corrected chi connectivity index (χ2v) is 8.05. The number of imidazole rings is 1. The summed E-state index contributed by atoms with van der Waals surface area (Å²) in [6.45, 7) is 10.8. The van der Waals surface area contributed by atoms with Gasteiger partial charge >= 0.3 is 5.69 Å². The van der Waals surface area contributed by atoms with Gasteiger partial charge in [-0.2, -0.15) is 4.98 Å². The summed E-state index contributed by atoms with van der Waals surface area (Å²) in [6, 6.07) is 10.0. The third-order valence-corrected chi connectivity index (χ3v) is 5.53. The van der Waals surface area contributed by atoms with Crippen molar-refractivity contribution in [1.82, 2.24) is 24.0 Å². The summed E-state index contributed by atoms with van der Waals surface area (Å²) in [5.41, 5.74) is 2.18. The lowest BCUT2D eigenvalue weighted by Gasteiger charge is -2.35. The van der Waals surface area contributed by atoms with E-state index in [1.165, 1.54) is 4.57 Å². The lowest BCUT2D eigenvalue weighted by molar-refractivity contribution is 0.276. The number of nitrogens with one attached hydrogen (secondary N) is 1. The van der Waals surface area contributed by atoms with Gasteiger partial charge in [-0.1, -0.05) is 54.6 Å². The zero-order valence-electron chi connectivity index (χ0n) is 18.0. The van der Waals surface area contributed by atoms with Gasteiger partial charge in [-0.15, -0.1) is 0 Å². The normalized spacial score (nSPS) is 15.2. The molecule has 1 fully saturated rings. The number of anilines is 1. The Kier molecular flexibility index (Phi) is 5.90. The van der Waals surface area contributed by atoms with Crippen LogP contribution in [0.15, 0.2) is 58.1 Å². The predicted octanol–water partition coefficient (Wildman–Crippen LogP) is 1.83. The van der Waals surface area contributed by atoms with Gasteiger partial charge in [0.25, 0.3) is 5.56 Å². The van der Waals surface area contributed by atoms with Crippen molar-refractivity contribution in [3.63, 3.8) is 0 Å². The highest BCUT2D eigenvalue weighted by Gasteiger charge is 2.24. The summed E-state index contributed by atoms with van der Waals surface area (Å²) < 4.78 is 3.30. The van der Waals surface area contributed by atoms with Crippen molar-refractivity contribution in [2.45, 2.75) is 13.5 Å². The van der Waals surface area contributed by atoms with E-state index in [0.29, 0.717) is 17.7 Å². The summed E-state index contributed by atoms with van der Waals surface area (Å²) in [6.07, 6.45) is 4.04. The molecule has 3 aromatic rings. The second kappa shape index (κ2) is 8.77. The molecule has 1 saturated heterocycles. The summed E-state index contributed by atoms with van der Waals surface area (Å²) in [5, 5.41) is 0. The molecule has 162 valence electrons. The smallest absolute Gasteiger partial charge is 0.329 e. The maximum Gasteiger partial charge on any atom is 0.329 e. The van der Waals surface area contributed by atoms with Crippen LogP contribution in [0.25, 0.3) is 17.2 Å². The molecule has 31 heavy (non-hydrogen) atoms. The molecule has 2 aromatic heterocycles. The summed E-state index contributed by atoms with van der Waals surface area (Å²) >= 11 is 0. The monoisotopic (exact) mass is 420 g/mol. The Morgan fingerprint density at radius 3 is 2.55 bits per heavy atom. The molecule has 0 spiro atoms.